The third-order valence-electron chi connectivity index (χ3n) is 3.49. The topological polar surface area (TPSA) is 48.3 Å². The number of fused-ring (bicyclic) bond motifs is 3. The molecule has 18 heavy (non-hydrogen) atoms. The first-order chi connectivity index (χ1) is 8.65. The smallest absolute Gasteiger partial charge is 0.340 e. The Balaban J connectivity index is 2.44. The van der Waals surface area contributed by atoms with E-state index in [1.807, 2.05) is 35.8 Å². The van der Waals surface area contributed by atoms with Crippen LogP contribution in [0.3, 0.4) is 0 Å². The number of nitrogens with zero attached hydrogens (tertiary/aromatic N) is 1. The summed E-state index contributed by atoms with van der Waals surface area (Å²) in [6, 6.07) is 7.65. The largest absolute Gasteiger partial charge is 0.465 e. The van der Waals surface area contributed by atoms with Crippen LogP contribution in [0.25, 0.3) is 10.9 Å². The van der Waals surface area contributed by atoms with Crippen LogP contribution >= 0.6 is 0 Å². The van der Waals surface area contributed by atoms with Gasteiger partial charge in [0.1, 0.15) is 5.69 Å². The third-order valence-corrected chi connectivity index (χ3v) is 3.49. The Bertz CT molecular complexity index is 669. The van der Waals surface area contributed by atoms with Gasteiger partial charge in [0.2, 0.25) is 0 Å². The summed E-state index contributed by atoms with van der Waals surface area (Å²) in [5.41, 5.74) is 1.82. The third kappa shape index (κ3) is 1.26. The van der Waals surface area contributed by atoms with Gasteiger partial charge in [-0.15, -0.1) is 0 Å². The molecule has 0 aliphatic carbocycles. The molecular weight excluding hydrogens is 230 g/mol. The van der Waals surface area contributed by atoms with Crippen molar-refractivity contribution in [2.75, 3.05) is 7.11 Å². The summed E-state index contributed by atoms with van der Waals surface area (Å²) in [4.78, 5) is 24.0. The molecule has 2 aromatic rings. The standard InChI is InChI=1S/C14H13NO3/c1-8-7-11(16)13-12(14(17)18-2)9-5-3-4-6-10(9)15(8)13/h3-6,8H,7H2,1-2H3. The van der Waals surface area contributed by atoms with Gasteiger partial charge in [0.25, 0.3) is 0 Å². The van der Waals surface area contributed by atoms with Crippen molar-refractivity contribution in [2.24, 2.45) is 0 Å². The fourth-order valence-corrected chi connectivity index (χ4v) is 2.76. The van der Waals surface area contributed by atoms with Crippen molar-refractivity contribution < 1.29 is 14.3 Å². The van der Waals surface area contributed by atoms with Crippen molar-refractivity contribution in [2.45, 2.75) is 19.4 Å². The molecule has 0 spiro atoms. The highest BCUT2D eigenvalue weighted by molar-refractivity contribution is 6.16. The summed E-state index contributed by atoms with van der Waals surface area (Å²) >= 11 is 0. The van der Waals surface area contributed by atoms with Gasteiger partial charge in [-0.05, 0) is 13.0 Å². The number of carbonyl (C=O) groups is 2. The van der Waals surface area contributed by atoms with E-state index in [-0.39, 0.29) is 11.8 Å². The van der Waals surface area contributed by atoms with E-state index in [0.29, 0.717) is 17.7 Å². The number of ketones is 1. The van der Waals surface area contributed by atoms with Crippen LogP contribution < -0.4 is 0 Å². The molecule has 4 heteroatoms. The first-order valence-corrected chi connectivity index (χ1v) is 5.89. The van der Waals surface area contributed by atoms with Crippen LogP contribution in [0, 0.1) is 0 Å². The number of esters is 1. The molecule has 4 nitrogen and oxygen atoms in total. The summed E-state index contributed by atoms with van der Waals surface area (Å²) in [5.74, 6) is -0.429. The average Bonchev–Trinajstić information content (AvgIpc) is 2.86. The maximum atomic E-state index is 12.1. The molecule has 0 bridgehead atoms. The number of ether oxygens (including phenoxy) is 1. The average molecular weight is 243 g/mol. The van der Waals surface area contributed by atoms with Gasteiger partial charge in [0, 0.05) is 23.4 Å². The van der Waals surface area contributed by atoms with E-state index in [9.17, 15) is 9.59 Å². The molecule has 0 amide bonds. The summed E-state index contributed by atoms with van der Waals surface area (Å²) in [7, 11) is 1.34. The van der Waals surface area contributed by atoms with Crippen molar-refractivity contribution in [3.05, 3.63) is 35.5 Å². The van der Waals surface area contributed by atoms with Crippen molar-refractivity contribution >= 4 is 22.7 Å². The van der Waals surface area contributed by atoms with Crippen LogP contribution in [0.5, 0.6) is 0 Å². The number of hydrogen-bond acceptors (Lipinski definition) is 3. The highest BCUT2D eigenvalue weighted by atomic mass is 16.5. The Hall–Kier alpha value is -2.10. The van der Waals surface area contributed by atoms with E-state index in [1.165, 1.54) is 7.11 Å². The molecule has 3 rings (SSSR count). The fourth-order valence-electron chi connectivity index (χ4n) is 2.76. The molecule has 0 saturated carbocycles. The second-order valence-corrected chi connectivity index (χ2v) is 4.58. The molecular formula is C14H13NO3. The Morgan fingerprint density at radius 3 is 2.83 bits per heavy atom. The minimum atomic E-state index is -0.442. The van der Waals surface area contributed by atoms with E-state index >= 15 is 0 Å². The second-order valence-electron chi connectivity index (χ2n) is 4.58. The van der Waals surface area contributed by atoms with Crippen molar-refractivity contribution in [3.8, 4) is 0 Å². The molecule has 1 aliphatic heterocycles. The molecule has 1 unspecified atom stereocenters. The SMILES string of the molecule is COC(=O)c1c2n(c3ccccc13)C(C)CC2=O. The Morgan fingerprint density at radius 2 is 2.11 bits per heavy atom. The highest BCUT2D eigenvalue weighted by Gasteiger charge is 2.34. The predicted octanol–water partition coefficient (Wildman–Crippen LogP) is 2.58. The van der Waals surface area contributed by atoms with E-state index < -0.39 is 5.97 Å². The van der Waals surface area contributed by atoms with Gasteiger partial charge < -0.3 is 9.30 Å². The molecule has 1 aliphatic rings. The molecule has 1 atom stereocenters. The maximum absolute atomic E-state index is 12.1. The molecule has 92 valence electrons. The first-order valence-electron chi connectivity index (χ1n) is 5.89. The van der Waals surface area contributed by atoms with Gasteiger partial charge in [-0.25, -0.2) is 4.79 Å². The number of carbonyl (C=O) groups excluding carboxylic acids is 2. The molecule has 0 radical (unpaired) electrons. The lowest BCUT2D eigenvalue weighted by Gasteiger charge is -2.06. The van der Waals surface area contributed by atoms with Crippen LogP contribution in [-0.2, 0) is 4.74 Å². The molecule has 0 fully saturated rings. The predicted molar refractivity (Wildman–Crippen MR) is 66.9 cm³/mol. The number of benzene rings is 1. The van der Waals surface area contributed by atoms with Crippen LogP contribution in [-0.4, -0.2) is 23.4 Å². The van der Waals surface area contributed by atoms with E-state index in [1.54, 1.807) is 0 Å². The summed E-state index contributed by atoms with van der Waals surface area (Å²) in [6.45, 7) is 1.99. The Kier molecular flexibility index (Phi) is 2.26. The highest BCUT2D eigenvalue weighted by Crippen LogP contribution is 2.36. The van der Waals surface area contributed by atoms with Crippen LogP contribution in [0.1, 0.15) is 40.2 Å². The first kappa shape index (κ1) is 11.0. The zero-order valence-electron chi connectivity index (χ0n) is 10.3. The van der Waals surface area contributed by atoms with E-state index in [4.69, 9.17) is 4.74 Å². The maximum Gasteiger partial charge on any atom is 0.340 e. The lowest BCUT2D eigenvalue weighted by atomic mass is 10.1. The number of Topliss-reactive ketones (excluding diaryl/α,β-unsaturated/α-hetero) is 1. The van der Waals surface area contributed by atoms with Crippen LogP contribution in [0.15, 0.2) is 24.3 Å². The lowest BCUT2D eigenvalue weighted by molar-refractivity contribution is 0.0599. The Labute approximate surface area is 104 Å². The van der Waals surface area contributed by atoms with Crippen molar-refractivity contribution in [1.82, 2.24) is 4.57 Å². The molecule has 2 heterocycles. The summed E-state index contributed by atoms with van der Waals surface area (Å²) in [6.07, 6.45) is 0.449. The van der Waals surface area contributed by atoms with Gasteiger partial charge in [-0.1, -0.05) is 18.2 Å². The number of methoxy groups -OCH3 is 1. The zero-order chi connectivity index (χ0) is 12.9. The quantitative estimate of drug-likeness (QED) is 0.723. The van der Waals surface area contributed by atoms with Crippen molar-refractivity contribution in [3.63, 3.8) is 0 Å². The number of rotatable bonds is 1. The zero-order valence-corrected chi connectivity index (χ0v) is 10.3. The van der Waals surface area contributed by atoms with Crippen LogP contribution in [0.4, 0.5) is 0 Å². The lowest BCUT2D eigenvalue weighted by Crippen LogP contribution is -2.07. The fraction of sp³-hybridized carbons (Fsp3) is 0.286. The number of aromatic nitrogens is 1. The second kappa shape index (κ2) is 3.70. The summed E-state index contributed by atoms with van der Waals surface area (Å²) < 4.78 is 6.76. The van der Waals surface area contributed by atoms with Gasteiger partial charge in [-0.2, -0.15) is 0 Å². The van der Waals surface area contributed by atoms with Gasteiger partial charge in [0.05, 0.1) is 12.7 Å². The molecule has 1 aromatic carbocycles. The summed E-state index contributed by atoms with van der Waals surface area (Å²) in [5, 5.41) is 0.791. The van der Waals surface area contributed by atoms with Gasteiger partial charge in [-0.3, -0.25) is 4.79 Å². The minimum Gasteiger partial charge on any atom is -0.465 e. The van der Waals surface area contributed by atoms with Gasteiger partial charge in [0.15, 0.2) is 5.78 Å². The van der Waals surface area contributed by atoms with E-state index in [0.717, 1.165) is 10.9 Å². The number of para-hydroxylation sites is 1. The van der Waals surface area contributed by atoms with Gasteiger partial charge >= 0.3 is 5.97 Å². The Morgan fingerprint density at radius 1 is 1.39 bits per heavy atom. The number of hydrogen-bond donors (Lipinski definition) is 0. The monoisotopic (exact) mass is 243 g/mol. The van der Waals surface area contributed by atoms with Crippen LogP contribution in [0.2, 0.25) is 0 Å². The normalized spacial score (nSPS) is 18.1. The van der Waals surface area contributed by atoms with Crippen molar-refractivity contribution in [1.29, 1.82) is 0 Å². The minimum absolute atomic E-state index is 0.0131. The van der Waals surface area contributed by atoms with E-state index in [2.05, 4.69) is 0 Å². The molecule has 1 aromatic heterocycles. The molecule has 0 N–H and O–H groups in total. The molecule has 0 saturated heterocycles.